The van der Waals surface area contributed by atoms with Gasteiger partial charge in [-0.2, -0.15) is 13.2 Å². The van der Waals surface area contributed by atoms with Crippen LogP contribution in [0.15, 0.2) is 109 Å². The van der Waals surface area contributed by atoms with Crippen molar-refractivity contribution in [2.45, 2.75) is 44.9 Å². The highest BCUT2D eigenvalue weighted by Gasteiger charge is 2.43. The van der Waals surface area contributed by atoms with Gasteiger partial charge in [0.05, 0.1) is 54.9 Å². The normalized spacial score (nSPS) is 15.4. The first-order chi connectivity index (χ1) is 23.5. The maximum absolute atomic E-state index is 14.1. The quantitative estimate of drug-likeness (QED) is 0.120. The van der Waals surface area contributed by atoms with Crippen molar-refractivity contribution < 1.29 is 41.8 Å². The summed E-state index contributed by atoms with van der Waals surface area (Å²) in [7, 11) is 1.10. The van der Waals surface area contributed by atoms with Crippen molar-refractivity contribution in [3.8, 4) is 0 Å². The summed E-state index contributed by atoms with van der Waals surface area (Å²) >= 11 is 0. The van der Waals surface area contributed by atoms with Gasteiger partial charge in [0.25, 0.3) is 0 Å². The van der Waals surface area contributed by atoms with Crippen molar-refractivity contribution in [3.05, 3.63) is 131 Å². The smallest absolute Gasteiger partial charge is 0.416 e. The van der Waals surface area contributed by atoms with Crippen LogP contribution < -0.4 is 5.32 Å². The van der Waals surface area contributed by atoms with Gasteiger partial charge in [0, 0.05) is 42.7 Å². The number of hydrogen-bond donors (Lipinski definition) is 1. The van der Waals surface area contributed by atoms with Gasteiger partial charge in [-0.05, 0) is 36.6 Å². The Kier molecular flexibility index (Phi) is 10.6. The van der Waals surface area contributed by atoms with Crippen molar-refractivity contribution in [2.24, 2.45) is 0 Å². The third kappa shape index (κ3) is 8.08. The summed E-state index contributed by atoms with van der Waals surface area (Å²) in [6.45, 7) is 2.95. The second-order valence-electron chi connectivity index (χ2n) is 11.3. The number of imidazole rings is 2. The largest absolute Gasteiger partial charge is 0.466 e. The van der Waals surface area contributed by atoms with Crippen LogP contribution in [-0.2, 0) is 41.3 Å². The number of carbonyl (C=O) groups is 3. The Morgan fingerprint density at radius 1 is 0.878 bits per heavy atom. The van der Waals surface area contributed by atoms with Crippen LogP contribution in [0.2, 0.25) is 0 Å². The molecule has 0 radical (unpaired) electrons. The molecule has 3 heterocycles. The van der Waals surface area contributed by atoms with E-state index in [9.17, 15) is 27.6 Å². The zero-order valence-corrected chi connectivity index (χ0v) is 26.9. The summed E-state index contributed by atoms with van der Waals surface area (Å²) in [6, 6.07) is 12.0. The SMILES string of the molecule is COC(=O)C1=C(C)NC(C)=C(C(=O)OCCOC(=O)CC(c2ccc(Cn3ccnc3)cc2)n2ccnc2)C1c1ccccc1C(F)(F)F. The Labute approximate surface area is 280 Å². The lowest BCUT2D eigenvalue weighted by Crippen LogP contribution is -2.33. The number of carbonyl (C=O) groups excluding carboxylic acids is 3. The Morgan fingerprint density at radius 2 is 1.53 bits per heavy atom. The lowest BCUT2D eigenvalue weighted by Gasteiger charge is -2.31. The van der Waals surface area contributed by atoms with Gasteiger partial charge in [0.2, 0.25) is 0 Å². The van der Waals surface area contributed by atoms with Gasteiger partial charge in [-0.15, -0.1) is 0 Å². The number of hydrogen-bond acceptors (Lipinski definition) is 9. The van der Waals surface area contributed by atoms with Crippen LogP contribution in [0.25, 0.3) is 0 Å². The number of allylic oxidation sites excluding steroid dienone is 2. The average Bonchev–Trinajstić information content (AvgIpc) is 3.80. The van der Waals surface area contributed by atoms with E-state index in [2.05, 4.69) is 15.3 Å². The predicted octanol–water partition coefficient (Wildman–Crippen LogP) is 5.32. The minimum atomic E-state index is -4.77. The fourth-order valence-corrected chi connectivity index (χ4v) is 5.83. The molecule has 5 rings (SSSR count). The fourth-order valence-electron chi connectivity index (χ4n) is 5.83. The highest BCUT2D eigenvalue weighted by molar-refractivity contribution is 6.00. The number of aromatic nitrogens is 4. The van der Waals surface area contributed by atoms with Crippen LogP contribution in [0, 0.1) is 0 Å². The molecule has 0 amide bonds. The lowest BCUT2D eigenvalue weighted by molar-refractivity contribution is -0.150. The standard InChI is InChI=1S/C35H34F3N5O6/c1-22-30(33(45)47-3)32(26-6-4-5-7-27(26)35(36,37)38)31(23(2)41-22)34(46)49-17-16-48-29(44)18-28(43-15-13-40-21-43)25-10-8-24(9-11-25)19-42-14-12-39-20-42/h4-15,20-21,28,32,41H,16-19H2,1-3H3. The topological polar surface area (TPSA) is 127 Å². The highest BCUT2D eigenvalue weighted by Crippen LogP contribution is 2.44. The number of dihydropyridines is 1. The van der Waals surface area contributed by atoms with Gasteiger partial charge >= 0.3 is 24.1 Å². The van der Waals surface area contributed by atoms with Crippen LogP contribution in [0.4, 0.5) is 13.2 Å². The van der Waals surface area contributed by atoms with Crippen LogP contribution in [-0.4, -0.2) is 57.3 Å². The number of esters is 3. The summed E-state index contributed by atoms with van der Waals surface area (Å²) in [5.74, 6) is -3.90. The number of halogens is 3. The summed E-state index contributed by atoms with van der Waals surface area (Å²) in [5, 5.41) is 2.89. The summed E-state index contributed by atoms with van der Waals surface area (Å²) in [5.41, 5.74) is 0.637. The second-order valence-corrected chi connectivity index (χ2v) is 11.3. The van der Waals surface area contributed by atoms with E-state index in [1.165, 1.54) is 32.0 Å². The summed E-state index contributed by atoms with van der Waals surface area (Å²) < 4.78 is 61.7. The van der Waals surface area contributed by atoms with Crippen molar-refractivity contribution in [1.29, 1.82) is 0 Å². The minimum Gasteiger partial charge on any atom is -0.466 e. The molecule has 0 bridgehead atoms. The van der Waals surface area contributed by atoms with E-state index in [4.69, 9.17) is 14.2 Å². The zero-order valence-electron chi connectivity index (χ0n) is 26.9. The van der Waals surface area contributed by atoms with Crippen LogP contribution in [0.3, 0.4) is 0 Å². The molecule has 0 saturated heterocycles. The van der Waals surface area contributed by atoms with Crippen molar-refractivity contribution in [3.63, 3.8) is 0 Å². The van der Waals surface area contributed by atoms with E-state index >= 15 is 0 Å². The molecular weight excluding hydrogens is 643 g/mol. The molecule has 4 aromatic rings. The van der Waals surface area contributed by atoms with E-state index < -0.39 is 41.6 Å². The second kappa shape index (κ2) is 15.0. The van der Waals surface area contributed by atoms with Gasteiger partial charge in [-0.25, -0.2) is 19.6 Å². The molecule has 0 fully saturated rings. The van der Waals surface area contributed by atoms with Gasteiger partial charge in [-0.1, -0.05) is 42.5 Å². The van der Waals surface area contributed by atoms with Gasteiger partial charge < -0.3 is 28.7 Å². The predicted molar refractivity (Wildman–Crippen MR) is 169 cm³/mol. The van der Waals surface area contributed by atoms with Gasteiger partial charge in [0.1, 0.15) is 13.2 Å². The van der Waals surface area contributed by atoms with Crippen molar-refractivity contribution in [2.75, 3.05) is 20.3 Å². The molecule has 1 aliphatic rings. The number of rotatable bonds is 12. The number of nitrogens with one attached hydrogen (secondary N) is 1. The van der Waals surface area contributed by atoms with Crippen molar-refractivity contribution >= 4 is 17.9 Å². The Hall–Kier alpha value is -5.66. The molecular formula is C35H34F3N5O6. The van der Waals surface area contributed by atoms with E-state index in [0.717, 1.165) is 24.3 Å². The maximum atomic E-state index is 14.1. The molecule has 2 atom stereocenters. The summed E-state index contributed by atoms with van der Waals surface area (Å²) in [4.78, 5) is 47.4. The molecule has 1 aliphatic heterocycles. The third-order valence-corrected chi connectivity index (χ3v) is 8.08. The molecule has 0 spiro atoms. The van der Waals surface area contributed by atoms with Gasteiger partial charge in [0.15, 0.2) is 0 Å². The Bertz CT molecular complexity index is 1850. The first kappa shape index (κ1) is 34.7. The van der Waals surface area contributed by atoms with E-state index in [0.29, 0.717) is 6.54 Å². The zero-order chi connectivity index (χ0) is 35.1. The molecule has 2 unspecified atom stereocenters. The number of alkyl halides is 3. The van der Waals surface area contributed by atoms with Crippen LogP contribution >= 0.6 is 0 Å². The number of benzene rings is 2. The molecule has 1 N–H and O–H groups in total. The van der Waals surface area contributed by atoms with E-state index in [1.807, 2.05) is 35.0 Å². The minimum absolute atomic E-state index is 0.0534. The summed E-state index contributed by atoms with van der Waals surface area (Å²) in [6.07, 6.45) is 5.40. The Morgan fingerprint density at radius 3 is 2.16 bits per heavy atom. The highest BCUT2D eigenvalue weighted by atomic mass is 19.4. The molecule has 0 aliphatic carbocycles. The lowest BCUT2D eigenvalue weighted by atomic mass is 9.78. The number of nitrogens with zero attached hydrogens (tertiary/aromatic N) is 4. The first-order valence-corrected chi connectivity index (χ1v) is 15.3. The average molecular weight is 678 g/mol. The molecule has 0 saturated carbocycles. The third-order valence-electron chi connectivity index (χ3n) is 8.08. The first-order valence-electron chi connectivity index (χ1n) is 15.3. The van der Waals surface area contributed by atoms with E-state index in [1.54, 1.807) is 35.8 Å². The van der Waals surface area contributed by atoms with Gasteiger partial charge in [-0.3, -0.25) is 4.79 Å². The molecule has 11 nitrogen and oxygen atoms in total. The van der Waals surface area contributed by atoms with Crippen LogP contribution in [0.1, 0.15) is 54.5 Å². The van der Waals surface area contributed by atoms with Crippen molar-refractivity contribution in [1.82, 2.24) is 24.4 Å². The fraction of sp³-hybridized carbons (Fsp3) is 0.286. The molecule has 49 heavy (non-hydrogen) atoms. The Balaban J connectivity index is 1.26. The van der Waals surface area contributed by atoms with Crippen LogP contribution in [0.5, 0.6) is 0 Å². The molecule has 2 aromatic carbocycles. The maximum Gasteiger partial charge on any atom is 0.416 e. The monoisotopic (exact) mass is 677 g/mol. The number of ether oxygens (including phenoxy) is 3. The molecule has 256 valence electrons. The molecule has 2 aromatic heterocycles. The number of methoxy groups -OCH3 is 1. The molecule has 14 heteroatoms. The van der Waals surface area contributed by atoms with E-state index in [-0.39, 0.29) is 47.7 Å².